The Morgan fingerprint density at radius 3 is 2.24 bits per heavy atom. The molecule has 7 atom stereocenters. The summed E-state index contributed by atoms with van der Waals surface area (Å²) in [5, 5.41) is 0. The average molecular weight is 580 g/mol. The molecule has 2 heterocycles. The molecule has 10 nitrogen and oxygen atoms in total. The first kappa shape index (κ1) is 29.7. The Labute approximate surface area is 245 Å². The van der Waals surface area contributed by atoms with E-state index in [1.54, 1.807) is 48.7 Å². The molecule has 2 bridgehead atoms. The van der Waals surface area contributed by atoms with Crippen LogP contribution in [0.5, 0.6) is 0 Å². The Morgan fingerprint density at radius 1 is 0.905 bits per heavy atom. The van der Waals surface area contributed by atoms with E-state index in [0.717, 1.165) is 0 Å². The number of carbonyl (C=O) groups excluding carboxylic acids is 4. The lowest BCUT2D eigenvalue weighted by molar-refractivity contribution is -0.287. The number of carbonyl (C=O) groups is 4. The molecule has 1 spiro atoms. The SMILES string of the molecule is CC(=O)OC[C@@]12[C@@H](OC(=O)c3ccccc3)CC[C@@H](C)[C@]13C[C@@H]([C@H](OC(=O)c1cccnc1)[C@H]2OC(C)=O)C(C)(C)O3. The number of ether oxygens (including phenoxy) is 5. The zero-order valence-electron chi connectivity index (χ0n) is 24.5. The molecule has 0 unspecified atom stereocenters. The first-order valence-corrected chi connectivity index (χ1v) is 14.3. The number of nitrogens with zero attached hydrogens (tertiary/aromatic N) is 1. The summed E-state index contributed by atoms with van der Waals surface area (Å²) in [5.74, 6) is -2.89. The minimum atomic E-state index is -1.39. The number of hydrogen-bond acceptors (Lipinski definition) is 10. The van der Waals surface area contributed by atoms with Crippen molar-refractivity contribution in [3.63, 3.8) is 0 Å². The Kier molecular flexibility index (Phi) is 7.87. The molecule has 1 aromatic heterocycles. The van der Waals surface area contributed by atoms with Crippen molar-refractivity contribution in [2.24, 2.45) is 17.3 Å². The van der Waals surface area contributed by atoms with Gasteiger partial charge in [0.05, 0.1) is 22.3 Å². The summed E-state index contributed by atoms with van der Waals surface area (Å²) in [4.78, 5) is 56.0. The molecule has 2 aromatic rings. The first-order valence-electron chi connectivity index (χ1n) is 14.3. The summed E-state index contributed by atoms with van der Waals surface area (Å²) in [6.45, 7) is 8.15. The number of aromatic nitrogens is 1. The van der Waals surface area contributed by atoms with E-state index in [2.05, 4.69) is 4.98 Å². The van der Waals surface area contributed by atoms with E-state index in [0.29, 0.717) is 24.8 Å². The van der Waals surface area contributed by atoms with Gasteiger partial charge in [-0.2, -0.15) is 0 Å². The quantitative estimate of drug-likeness (QED) is 0.346. The third-order valence-electron chi connectivity index (χ3n) is 9.29. The highest BCUT2D eigenvalue weighted by Gasteiger charge is 2.79. The molecule has 224 valence electrons. The van der Waals surface area contributed by atoms with Gasteiger partial charge in [-0.3, -0.25) is 14.6 Å². The highest BCUT2D eigenvalue weighted by atomic mass is 16.6. The van der Waals surface area contributed by atoms with Crippen LogP contribution in [-0.2, 0) is 33.3 Å². The predicted molar refractivity (Wildman–Crippen MR) is 148 cm³/mol. The fourth-order valence-electron chi connectivity index (χ4n) is 7.43. The molecule has 1 aliphatic heterocycles. The van der Waals surface area contributed by atoms with Gasteiger partial charge in [-0.05, 0) is 63.3 Å². The molecular formula is C32H37NO9. The van der Waals surface area contributed by atoms with Gasteiger partial charge in [0.2, 0.25) is 0 Å². The Bertz CT molecular complexity index is 1350. The van der Waals surface area contributed by atoms with Gasteiger partial charge in [-0.25, -0.2) is 9.59 Å². The average Bonchev–Trinajstić information content (AvgIpc) is 3.22. The second kappa shape index (κ2) is 11.1. The Balaban J connectivity index is 1.68. The molecular weight excluding hydrogens is 542 g/mol. The van der Waals surface area contributed by atoms with Crippen molar-refractivity contribution in [1.82, 2.24) is 4.98 Å². The van der Waals surface area contributed by atoms with Crippen LogP contribution in [0.2, 0.25) is 0 Å². The highest BCUT2D eigenvalue weighted by molar-refractivity contribution is 5.90. The van der Waals surface area contributed by atoms with Crippen molar-refractivity contribution in [3.05, 3.63) is 66.0 Å². The van der Waals surface area contributed by atoms with Crippen molar-refractivity contribution in [3.8, 4) is 0 Å². The van der Waals surface area contributed by atoms with Crippen LogP contribution in [0.25, 0.3) is 0 Å². The summed E-state index contributed by atoms with van der Waals surface area (Å²) in [7, 11) is 0. The van der Waals surface area contributed by atoms with Crippen molar-refractivity contribution in [2.45, 2.75) is 83.4 Å². The maximum atomic E-state index is 13.5. The summed E-state index contributed by atoms with van der Waals surface area (Å²) < 4.78 is 31.2. The molecule has 3 fully saturated rings. The fourth-order valence-corrected chi connectivity index (χ4v) is 7.43. The smallest absolute Gasteiger partial charge is 0.340 e. The molecule has 3 aliphatic rings. The van der Waals surface area contributed by atoms with Crippen LogP contribution in [0.4, 0.5) is 0 Å². The molecule has 1 aromatic carbocycles. The van der Waals surface area contributed by atoms with Gasteiger partial charge in [0.1, 0.15) is 24.2 Å². The van der Waals surface area contributed by atoms with Gasteiger partial charge in [-0.1, -0.05) is 25.1 Å². The van der Waals surface area contributed by atoms with Crippen LogP contribution in [0, 0.1) is 17.3 Å². The lowest BCUT2D eigenvalue weighted by Crippen LogP contribution is -2.74. The maximum absolute atomic E-state index is 13.5. The fraction of sp³-hybridized carbons (Fsp3) is 0.531. The van der Waals surface area contributed by atoms with E-state index in [-0.39, 0.29) is 24.0 Å². The number of rotatable bonds is 7. The van der Waals surface area contributed by atoms with E-state index in [1.165, 1.54) is 20.0 Å². The third-order valence-corrected chi connectivity index (χ3v) is 9.29. The number of esters is 4. The molecule has 1 saturated heterocycles. The second-order valence-corrected chi connectivity index (χ2v) is 12.1. The predicted octanol–water partition coefficient (Wildman–Crippen LogP) is 4.31. The van der Waals surface area contributed by atoms with Crippen molar-refractivity contribution >= 4 is 23.9 Å². The minimum Gasteiger partial charge on any atom is -0.465 e. The van der Waals surface area contributed by atoms with E-state index >= 15 is 0 Å². The third kappa shape index (κ3) is 4.95. The second-order valence-electron chi connectivity index (χ2n) is 12.1. The summed E-state index contributed by atoms with van der Waals surface area (Å²) >= 11 is 0. The number of hydrogen-bond donors (Lipinski definition) is 0. The Hall–Kier alpha value is -3.79. The zero-order chi connectivity index (χ0) is 30.3. The van der Waals surface area contributed by atoms with Crippen LogP contribution >= 0.6 is 0 Å². The van der Waals surface area contributed by atoms with Crippen LogP contribution in [0.1, 0.15) is 74.6 Å². The maximum Gasteiger partial charge on any atom is 0.340 e. The summed E-state index contributed by atoms with van der Waals surface area (Å²) in [5.41, 5.74) is -2.69. The van der Waals surface area contributed by atoms with Crippen molar-refractivity contribution in [2.75, 3.05) is 6.61 Å². The van der Waals surface area contributed by atoms with Crippen LogP contribution in [0.3, 0.4) is 0 Å². The number of fused-ring (bicyclic) bond motifs is 1. The lowest BCUT2D eigenvalue weighted by atomic mass is 9.49. The molecule has 0 radical (unpaired) electrons. The van der Waals surface area contributed by atoms with E-state index in [4.69, 9.17) is 23.7 Å². The van der Waals surface area contributed by atoms with Gasteiger partial charge >= 0.3 is 23.9 Å². The van der Waals surface area contributed by atoms with Crippen LogP contribution in [-0.4, -0.2) is 65.0 Å². The molecule has 5 rings (SSSR count). The number of pyridine rings is 1. The van der Waals surface area contributed by atoms with Gasteiger partial charge in [0.15, 0.2) is 6.10 Å². The molecule has 2 aliphatic carbocycles. The monoisotopic (exact) mass is 579 g/mol. The van der Waals surface area contributed by atoms with E-state index in [1.807, 2.05) is 20.8 Å². The van der Waals surface area contributed by atoms with Crippen LogP contribution < -0.4 is 0 Å². The first-order chi connectivity index (χ1) is 19.9. The van der Waals surface area contributed by atoms with Gasteiger partial charge < -0.3 is 23.7 Å². The number of benzene rings is 1. The van der Waals surface area contributed by atoms with E-state index < -0.39 is 58.8 Å². The van der Waals surface area contributed by atoms with Crippen molar-refractivity contribution < 1.29 is 42.9 Å². The molecule has 2 saturated carbocycles. The molecule has 42 heavy (non-hydrogen) atoms. The Morgan fingerprint density at radius 2 is 1.60 bits per heavy atom. The highest BCUT2D eigenvalue weighted by Crippen LogP contribution is 2.67. The normalized spacial score (nSPS) is 32.6. The van der Waals surface area contributed by atoms with Crippen molar-refractivity contribution in [1.29, 1.82) is 0 Å². The van der Waals surface area contributed by atoms with E-state index in [9.17, 15) is 19.2 Å². The lowest BCUT2D eigenvalue weighted by Gasteiger charge is -2.61. The zero-order valence-corrected chi connectivity index (χ0v) is 24.5. The standard InChI is InChI=1S/C32H37NO9/c1-19-13-14-25(40-28(36)22-10-7-6-8-11-22)31(18-38-20(2)34)27(39-21(3)35)26(24-16-32(19,31)42-30(24,4)5)41-29(37)23-12-9-15-33-17-23/h6-12,15,17,19,24-27H,13-14,16,18H2,1-5H3/t19-,24+,25+,26+,27-,31+,32-/m1/s1. The summed E-state index contributed by atoms with van der Waals surface area (Å²) in [6.07, 6.45) is 1.31. The van der Waals surface area contributed by atoms with Gasteiger partial charge in [-0.15, -0.1) is 0 Å². The van der Waals surface area contributed by atoms with Gasteiger partial charge in [0.25, 0.3) is 0 Å². The largest absolute Gasteiger partial charge is 0.465 e. The van der Waals surface area contributed by atoms with Crippen LogP contribution in [0.15, 0.2) is 54.9 Å². The summed E-state index contributed by atoms with van der Waals surface area (Å²) in [6, 6.07) is 11.8. The minimum absolute atomic E-state index is 0.1000. The molecule has 0 amide bonds. The molecule has 10 heteroatoms. The topological polar surface area (TPSA) is 127 Å². The molecule has 0 N–H and O–H groups in total. The van der Waals surface area contributed by atoms with Gasteiger partial charge in [0, 0.05) is 32.2 Å².